The number of thiophene rings is 3. The van der Waals surface area contributed by atoms with E-state index in [4.69, 9.17) is 71.6 Å². The zero-order valence-electron chi connectivity index (χ0n) is 62.7. The van der Waals surface area contributed by atoms with Gasteiger partial charge in [-0.25, -0.2) is 28.5 Å². The molecule has 15 nitrogen and oxygen atoms in total. The maximum atomic E-state index is 9.01. The molecule has 19 aromatic rings. The first-order chi connectivity index (χ1) is 56.7. The number of imidazole rings is 3. The van der Waals surface area contributed by atoms with Gasteiger partial charge < -0.3 is 29.6 Å². The van der Waals surface area contributed by atoms with Gasteiger partial charge in [0.05, 0.1) is 63.8 Å². The Balaban J connectivity index is 0.000000123. The molecule has 0 saturated heterocycles. The Morgan fingerprint density at radius 1 is 0.397 bits per heavy atom. The van der Waals surface area contributed by atoms with E-state index in [1.807, 2.05) is 83.6 Å². The normalized spacial score (nSPS) is 10.8. The van der Waals surface area contributed by atoms with Crippen molar-refractivity contribution in [1.29, 1.82) is 0 Å². The average Bonchev–Trinajstić information content (AvgIpc) is 1.63. The molecule has 116 heavy (non-hydrogen) atoms. The molecule has 9 aromatic heterocycles. The fourth-order valence-corrected chi connectivity index (χ4v) is 21.0. The number of nitrogens with one attached hydrogen (secondary N) is 1. The number of ether oxygens (including phenoxy) is 3. The van der Waals surface area contributed by atoms with E-state index in [9.17, 15) is 0 Å². The van der Waals surface area contributed by atoms with Gasteiger partial charge in [-0.2, -0.15) is 10.2 Å². The number of benzene rings is 10. The Labute approximate surface area is 726 Å². The fourth-order valence-electron chi connectivity index (χ4n) is 12.3. The van der Waals surface area contributed by atoms with Gasteiger partial charge in [0, 0.05) is 10.5 Å². The predicted molar refractivity (Wildman–Crippen MR) is 496 cm³/mol. The number of rotatable bonds is 14. The first-order valence-corrected chi connectivity index (χ1v) is 46.8. The van der Waals surface area contributed by atoms with Crippen molar-refractivity contribution in [3.8, 4) is 38.4 Å². The molecule has 0 aliphatic rings. The SMILES string of the molecule is COc1cccc2cc(-c3cnc4ccc(Cl)nn34)sc12.COc1cccc2cc(-c3cnc4ccc(Nc5ccc(C)c(C)c5)nn34)sc12.COc1cccc2cc(B(O)O)sc12.Clc1ccc2ncc(I)n2n1.[Cl][Pd][Cl].c1ccc(P(c2ccccc2)c2ccccc2)cc1.c1ccc(P(c2ccccc2)c2ccccc2)cc1. The smallest absolute Gasteiger partial charge is 0.0134 e. The molecule has 27 heteroatoms. The van der Waals surface area contributed by atoms with Crippen LogP contribution in [0.15, 0.2) is 328 Å². The molecule has 9 heterocycles. The summed E-state index contributed by atoms with van der Waals surface area (Å²) in [4.78, 5) is 15.2. The molecule has 584 valence electrons. The van der Waals surface area contributed by atoms with Crippen molar-refractivity contribution in [2.24, 2.45) is 0 Å². The van der Waals surface area contributed by atoms with Crippen LogP contribution in [-0.4, -0.2) is 82.3 Å². The fraction of sp³-hybridized carbons (Fsp3) is 0.0562. The van der Waals surface area contributed by atoms with E-state index in [2.05, 4.69) is 291 Å². The molecule has 0 unspecified atom stereocenters. The Bertz CT molecular complexity index is 6090. The van der Waals surface area contributed by atoms with Crippen molar-refractivity contribution in [2.75, 3.05) is 26.6 Å². The molecular formula is C89H72BCl4IN10O5P2PdS3. The van der Waals surface area contributed by atoms with Crippen LogP contribution in [-0.2, 0) is 15.9 Å². The van der Waals surface area contributed by atoms with Crippen LogP contribution in [0.25, 0.3) is 68.3 Å². The van der Waals surface area contributed by atoms with Crippen LogP contribution in [0.3, 0.4) is 0 Å². The Hall–Kier alpha value is -9.46. The van der Waals surface area contributed by atoms with Gasteiger partial charge in [-0.3, -0.25) is 0 Å². The van der Waals surface area contributed by atoms with E-state index < -0.39 is 23.0 Å². The van der Waals surface area contributed by atoms with Gasteiger partial charge >= 0.3 is 42.1 Å². The Morgan fingerprint density at radius 2 is 0.750 bits per heavy atom. The van der Waals surface area contributed by atoms with Crippen LogP contribution in [0.4, 0.5) is 11.5 Å². The number of anilines is 2. The molecule has 10 aromatic carbocycles. The van der Waals surface area contributed by atoms with E-state index in [0.717, 1.165) is 101 Å². The van der Waals surface area contributed by atoms with Crippen molar-refractivity contribution in [2.45, 2.75) is 13.8 Å². The van der Waals surface area contributed by atoms with Crippen molar-refractivity contribution in [3.63, 3.8) is 0 Å². The number of methoxy groups -OCH3 is 3. The topological polar surface area (TPSA) is 171 Å². The second kappa shape index (κ2) is 41.6. The zero-order chi connectivity index (χ0) is 80.9. The van der Waals surface area contributed by atoms with Gasteiger partial charge in [-0.1, -0.05) is 248 Å². The molecule has 0 saturated carbocycles. The van der Waals surface area contributed by atoms with Gasteiger partial charge in [-0.15, -0.1) is 39.1 Å². The molecule has 19 rings (SSSR count). The molecule has 0 atom stereocenters. The second-order valence-electron chi connectivity index (χ2n) is 25.2. The summed E-state index contributed by atoms with van der Waals surface area (Å²) < 4.78 is 26.1. The van der Waals surface area contributed by atoms with Crippen molar-refractivity contribution in [3.05, 3.63) is 353 Å². The second-order valence-corrected chi connectivity index (χ2v) is 37.1. The minimum absolute atomic E-state index is 0.106. The summed E-state index contributed by atoms with van der Waals surface area (Å²) in [7, 11) is 12.3. The minimum atomic E-state index is -1.41. The van der Waals surface area contributed by atoms with Crippen LogP contribution >= 0.6 is 115 Å². The summed E-state index contributed by atoms with van der Waals surface area (Å²) in [5, 5.41) is 47.2. The van der Waals surface area contributed by atoms with Gasteiger partial charge in [0.1, 0.15) is 42.6 Å². The number of fused-ring (bicyclic) bond motifs is 6. The van der Waals surface area contributed by atoms with Crippen LogP contribution in [0, 0.1) is 17.5 Å². The zero-order valence-corrected chi connectivity index (χ0v) is 73.7. The van der Waals surface area contributed by atoms with Crippen molar-refractivity contribution >= 4 is 217 Å². The van der Waals surface area contributed by atoms with Crippen LogP contribution in [0.1, 0.15) is 11.1 Å². The van der Waals surface area contributed by atoms with Crippen molar-refractivity contribution < 1.29 is 40.2 Å². The van der Waals surface area contributed by atoms with Gasteiger partial charge in [0.2, 0.25) is 0 Å². The number of nitrogens with zero attached hydrogens (tertiary/aromatic N) is 9. The molecule has 0 radical (unpaired) electrons. The Morgan fingerprint density at radius 3 is 1.14 bits per heavy atom. The monoisotopic (exact) mass is 1900 g/mol. The number of halogens is 5. The molecule has 0 bridgehead atoms. The molecule has 0 aliphatic heterocycles. The molecule has 0 fully saturated rings. The van der Waals surface area contributed by atoms with Crippen LogP contribution in [0.5, 0.6) is 17.2 Å². The number of hydrogen-bond acceptors (Lipinski definition) is 15. The van der Waals surface area contributed by atoms with Crippen molar-refractivity contribution in [1.82, 2.24) is 43.8 Å². The minimum Gasteiger partial charge on any atom is -0.0622 e. The summed E-state index contributed by atoms with van der Waals surface area (Å²) >= 11 is 18.4. The average molecular weight is 1910 g/mol. The third-order valence-electron chi connectivity index (χ3n) is 17.8. The van der Waals surface area contributed by atoms with Gasteiger partial charge in [0.25, 0.3) is 0 Å². The summed E-state index contributed by atoms with van der Waals surface area (Å²) in [5.74, 6) is 3.30. The summed E-state index contributed by atoms with van der Waals surface area (Å²) in [6.07, 6.45) is 5.44. The van der Waals surface area contributed by atoms with Gasteiger partial charge in [-0.05, 0) is 196 Å². The number of aryl methyl sites for hydroxylation is 2. The van der Waals surface area contributed by atoms with E-state index in [1.165, 1.54) is 54.3 Å². The standard InChI is InChI=1S/C23H20N4OS.2C18H15P.C15H10ClN3OS.C9H9BO3S.C6H3ClIN3.2ClH.Pd/c1-14-7-8-17(11-15(14)2)25-21-9-10-22-24-13-18(27(22)26-21)20-12-16-5-4-6-19(28-3)23(16)29-20;2*1-4-10-16(11-5-1)19(17-12-6-2-7-13-17)18-14-8-3-9-15-18;1-20-11-4-2-3-9-7-12(21-15(9)11)10-8-17-14-6-5-13(16)18-19(10)14;1-13-7-4-2-3-6-5-8(10(11)12)14-9(6)7;7-4-1-2-6-9-3-5(8)11(6)10-4;;;/h4-13H,1-3H3,(H,25,26);2*1-15H;2-8H,1H3;2-5,11-12H,1H3;1-3H;2*1H;/q;;;;;;;;+2/p-2. The number of aromatic nitrogens is 9. The molecule has 3 N–H and O–H groups in total. The number of hydrogen-bond donors (Lipinski definition) is 3. The summed E-state index contributed by atoms with van der Waals surface area (Å²) in [6, 6.07) is 106. The first-order valence-electron chi connectivity index (χ1n) is 35.8. The molecule has 0 aliphatic carbocycles. The van der Waals surface area contributed by atoms with Gasteiger partial charge in [0.15, 0.2) is 22.8 Å². The summed E-state index contributed by atoms with van der Waals surface area (Å²) in [5.41, 5.74) is 7.85. The maximum absolute atomic E-state index is 9.01. The van der Waals surface area contributed by atoms with Crippen LogP contribution < -0.4 is 56.1 Å². The van der Waals surface area contributed by atoms with Crippen LogP contribution in [0.2, 0.25) is 10.3 Å². The maximum Gasteiger partial charge on any atom is -0.0134 e. The predicted octanol–water partition coefficient (Wildman–Crippen LogP) is 21.1. The quantitative estimate of drug-likeness (QED) is 0.0536. The van der Waals surface area contributed by atoms with E-state index in [1.54, 1.807) is 77.4 Å². The summed E-state index contributed by atoms with van der Waals surface area (Å²) in [6.45, 7) is 4.22. The molecule has 0 spiro atoms. The molecular weight excluding hydrogens is 1830 g/mol. The van der Waals surface area contributed by atoms with E-state index in [0.29, 0.717) is 15.1 Å². The largest absolute Gasteiger partial charge is 0.0622 e. The first kappa shape index (κ1) is 84.5. The third kappa shape index (κ3) is 21.3. The van der Waals surface area contributed by atoms with E-state index >= 15 is 0 Å². The molecule has 0 amide bonds. The third-order valence-corrected chi connectivity index (χ3v) is 27.4. The van der Waals surface area contributed by atoms with E-state index in [-0.39, 0.29) is 15.9 Å². The Kier molecular flexibility index (Phi) is 30.3.